The Morgan fingerprint density at radius 2 is 1.21 bits per heavy atom. The third kappa shape index (κ3) is 8.39. The summed E-state index contributed by atoms with van der Waals surface area (Å²) in [5, 5.41) is 3.51. The molecule has 1 unspecified atom stereocenters. The maximum Gasteiger partial charge on any atom is 0.184 e. The average molecular weight is 380 g/mol. The predicted octanol–water partition coefficient (Wildman–Crippen LogP) is 7.12. The van der Waals surface area contributed by atoms with Crippen LogP contribution in [0.1, 0.15) is 93.1 Å². The molecule has 0 heterocycles. The van der Waals surface area contributed by atoms with E-state index in [-0.39, 0.29) is 11.8 Å². The Morgan fingerprint density at radius 1 is 0.714 bits per heavy atom. The summed E-state index contributed by atoms with van der Waals surface area (Å²) in [5.74, 6) is 0.152. The molecule has 152 valence electrons. The molecule has 2 nitrogen and oxygen atoms in total. The molecule has 0 aliphatic rings. The molecular formula is C26H37NO. The van der Waals surface area contributed by atoms with Crippen LogP contribution in [0.2, 0.25) is 0 Å². The molecule has 0 aliphatic carbocycles. The molecule has 1 atom stereocenters. The summed E-state index contributed by atoms with van der Waals surface area (Å²) in [6.45, 7) is 3.15. The molecule has 0 radical (unpaired) electrons. The van der Waals surface area contributed by atoms with Crippen LogP contribution >= 0.6 is 0 Å². The van der Waals surface area contributed by atoms with Gasteiger partial charge in [-0.25, -0.2) is 0 Å². The first-order valence-electron chi connectivity index (χ1n) is 11.2. The molecular weight excluding hydrogens is 342 g/mol. The number of hydrogen-bond donors (Lipinski definition) is 1. The summed E-state index contributed by atoms with van der Waals surface area (Å²) in [6.07, 6.45) is 13.3. The fraction of sp³-hybridized carbons (Fsp3) is 0.500. The van der Waals surface area contributed by atoms with E-state index < -0.39 is 0 Å². The summed E-state index contributed by atoms with van der Waals surface area (Å²) in [4.78, 5) is 13.0. The second-order valence-electron chi connectivity index (χ2n) is 7.71. The number of carbonyl (C=O) groups is 1. The van der Waals surface area contributed by atoms with Crippen molar-refractivity contribution in [3.8, 4) is 0 Å². The molecule has 2 aromatic carbocycles. The van der Waals surface area contributed by atoms with Crippen molar-refractivity contribution in [3.63, 3.8) is 0 Å². The summed E-state index contributed by atoms with van der Waals surface area (Å²) in [6, 6.07) is 19.4. The van der Waals surface area contributed by atoms with E-state index in [0.29, 0.717) is 0 Å². The van der Waals surface area contributed by atoms with E-state index >= 15 is 0 Å². The minimum atomic E-state index is -0.262. The molecule has 0 spiro atoms. The number of ketones is 1. The van der Waals surface area contributed by atoms with E-state index in [1.807, 2.05) is 60.7 Å². The van der Waals surface area contributed by atoms with Gasteiger partial charge in [-0.15, -0.1) is 0 Å². The van der Waals surface area contributed by atoms with Crippen molar-refractivity contribution in [1.82, 2.24) is 5.32 Å². The van der Waals surface area contributed by atoms with Crippen LogP contribution in [0.3, 0.4) is 0 Å². The molecule has 0 fully saturated rings. The highest BCUT2D eigenvalue weighted by atomic mass is 16.1. The van der Waals surface area contributed by atoms with Crippen molar-refractivity contribution < 1.29 is 4.79 Å². The normalized spacial score (nSPS) is 12.0. The van der Waals surface area contributed by atoms with Gasteiger partial charge in [-0.2, -0.15) is 0 Å². The lowest BCUT2D eigenvalue weighted by Gasteiger charge is -2.18. The zero-order valence-corrected chi connectivity index (χ0v) is 17.5. The monoisotopic (exact) mass is 379 g/mol. The highest BCUT2D eigenvalue weighted by molar-refractivity contribution is 6.00. The van der Waals surface area contributed by atoms with Gasteiger partial charge in [0.05, 0.1) is 6.04 Å². The van der Waals surface area contributed by atoms with E-state index in [1.54, 1.807) is 0 Å². The van der Waals surface area contributed by atoms with E-state index in [4.69, 9.17) is 0 Å². The molecule has 28 heavy (non-hydrogen) atoms. The second kappa shape index (κ2) is 14.1. The number of hydrogen-bond acceptors (Lipinski definition) is 2. The van der Waals surface area contributed by atoms with Gasteiger partial charge in [-0.05, 0) is 18.5 Å². The van der Waals surface area contributed by atoms with Gasteiger partial charge in [-0.3, -0.25) is 4.79 Å². The number of Topliss-reactive ketones (excluding diaryl/α,β-unsaturated/α-hetero) is 1. The Hall–Kier alpha value is -1.93. The van der Waals surface area contributed by atoms with E-state index in [0.717, 1.165) is 24.1 Å². The Bertz CT molecular complexity index is 638. The standard InChI is InChI=1S/C26H37NO/c1-2-3-4-5-6-7-8-9-10-17-22-27-25(23-18-13-11-14-19-23)26(28)24-20-15-12-16-21-24/h11-16,18-21,25,27H,2-10,17,22H2,1H3. The van der Waals surface area contributed by atoms with Crippen molar-refractivity contribution in [3.05, 3.63) is 71.8 Å². The third-order valence-electron chi connectivity index (χ3n) is 5.33. The Labute approximate surface area is 171 Å². The topological polar surface area (TPSA) is 29.1 Å². The molecule has 0 aliphatic heterocycles. The maximum atomic E-state index is 13.0. The molecule has 0 saturated carbocycles. The van der Waals surface area contributed by atoms with Crippen LogP contribution in [0.4, 0.5) is 0 Å². The molecule has 1 N–H and O–H groups in total. The van der Waals surface area contributed by atoms with Crippen LogP contribution < -0.4 is 5.32 Å². The van der Waals surface area contributed by atoms with Gasteiger partial charge in [-0.1, -0.05) is 125 Å². The SMILES string of the molecule is CCCCCCCCCCCCNC(C(=O)c1ccccc1)c1ccccc1. The minimum absolute atomic E-state index is 0.152. The maximum absolute atomic E-state index is 13.0. The third-order valence-corrected chi connectivity index (χ3v) is 5.33. The number of rotatable bonds is 15. The Kier molecular flexibility index (Phi) is 11.3. The average Bonchev–Trinajstić information content (AvgIpc) is 2.75. The molecule has 0 saturated heterocycles. The van der Waals surface area contributed by atoms with Gasteiger partial charge in [0.2, 0.25) is 0 Å². The fourth-order valence-electron chi connectivity index (χ4n) is 3.64. The lowest BCUT2D eigenvalue weighted by molar-refractivity contribution is 0.0942. The van der Waals surface area contributed by atoms with Gasteiger partial charge in [0.1, 0.15) is 0 Å². The quantitative estimate of drug-likeness (QED) is 0.263. The predicted molar refractivity (Wildman–Crippen MR) is 120 cm³/mol. The van der Waals surface area contributed by atoms with Crippen molar-refractivity contribution >= 4 is 5.78 Å². The lowest BCUT2D eigenvalue weighted by Crippen LogP contribution is -2.29. The zero-order valence-electron chi connectivity index (χ0n) is 17.5. The smallest absolute Gasteiger partial charge is 0.184 e. The van der Waals surface area contributed by atoms with Crippen molar-refractivity contribution in [2.24, 2.45) is 0 Å². The first-order valence-corrected chi connectivity index (χ1v) is 11.2. The van der Waals surface area contributed by atoms with E-state index in [2.05, 4.69) is 12.2 Å². The van der Waals surface area contributed by atoms with Crippen molar-refractivity contribution in [2.45, 2.75) is 77.2 Å². The first-order chi connectivity index (χ1) is 13.8. The molecule has 2 heteroatoms. The second-order valence-corrected chi connectivity index (χ2v) is 7.71. The zero-order chi connectivity index (χ0) is 19.9. The highest BCUT2D eigenvalue weighted by Gasteiger charge is 2.20. The van der Waals surface area contributed by atoms with Crippen LogP contribution in [-0.2, 0) is 0 Å². The highest BCUT2D eigenvalue weighted by Crippen LogP contribution is 2.19. The van der Waals surface area contributed by atoms with Gasteiger partial charge in [0.15, 0.2) is 5.78 Å². The molecule has 2 rings (SSSR count). The van der Waals surface area contributed by atoms with Gasteiger partial charge in [0, 0.05) is 5.56 Å². The van der Waals surface area contributed by atoms with Gasteiger partial charge in [0.25, 0.3) is 0 Å². The summed E-state index contributed by atoms with van der Waals surface area (Å²) in [5.41, 5.74) is 1.82. The van der Waals surface area contributed by atoms with Crippen LogP contribution in [0, 0.1) is 0 Å². The van der Waals surface area contributed by atoms with Crippen LogP contribution in [0.25, 0.3) is 0 Å². The van der Waals surface area contributed by atoms with Gasteiger partial charge >= 0.3 is 0 Å². The van der Waals surface area contributed by atoms with Crippen molar-refractivity contribution in [2.75, 3.05) is 6.54 Å². The molecule has 0 aromatic heterocycles. The Morgan fingerprint density at radius 3 is 1.79 bits per heavy atom. The van der Waals surface area contributed by atoms with E-state index in [1.165, 1.54) is 57.8 Å². The molecule has 0 bridgehead atoms. The van der Waals surface area contributed by atoms with Crippen LogP contribution in [-0.4, -0.2) is 12.3 Å². The number of carbonyl (C=O) groups excluding carboxylic acids is 1. The van der Waals surface area contributed by atoms with Crippen LogP contribution in [0.5, 0.6) is 0 Å². The van der Waals surface area contributed by atoms with E-state index in [9.17, 15) is 4.79 Å². The summed E-state index contributed by atoms with van der Waals surface area (Å²) >= 11 is 0. The van der Waals surface area contributed by atoms with Gasteiger partial charge < -0.3 is 5.32 Å². The molecule has 2 aromatic rings. The summed E-state index contributed by atoms with van der Waals surface area (Å²) < 4.78 is 0. The van der Waals surface area contributed by atoms with Crippen molar-refractivity contribution in [1.29, 1.82) is 0 Å². The molecule has 0 amide bonds. The number of unbranched alkanes of at least 4 members (excludes halogenated alkanes) is 9. The Balaban J connectivity index is 1.71. The first kappa shape index (κ1) is 22.4. The lowest BCUT2D eigenvalue weighted by atomic mass is 9.97. The minimum Gasteiger partial charge on any atom is -0.303 e. The number of nitrogens with one attached hydrogen (secondary N) is 1. The largest absolute Gasteiger partial charge is 0.303 e. The number of benzene rings is 2. The fourth-order valence-corrected chi connectivity index (χ4v) is 3.64. The van der Waals surface area contributed by atoms with Crippen LogP contribution in [0.15, 0.2) is 60.7 Å². The summed E-state index contributed by atoms with van der Waals surface area (Å²) in [7, 11) is 0.